The van der Waals surface area contributed by atoms with Gasteiger partial charge in [-0.05, 0) is 66.1 Å². The molecular weight excluding hydrogens is 398 g/mol. The molecule has 0 aromatic carbocycles. The molecule has 3 rings (SSSR count). The Bertz CT molecular complexity index is 815. The summed E-state index contributed by atoms with van der Waals surface area (Å²) in [5.41, 5.74) is 2.24. The molecule has 0 aliphatic carbocycles. The molecule has 172 valence electrons. The van der Waals surface area contributed by atoms with E-state index in [4.69, 9.17) is 9.47 Å². The normalized spacial score (nSPS) is 23.1. The van der Waals surface area contributed by atoms with Crippen LogP contribution < -0.4 is 0 Å². The maximum atomic E-state index is 13.0. The average Bonchev–Trinajstić information content (AvgIpc) is 3.01. The standard InChI is InChI=1S/C23H35N3O5/c1-6-30-23(29)21-16(4)20(17(5)24-21)19(27)13-25-9-7-18(8-10-25)22(28)26-11-14(2)31-15(3)12-26/h14-15,18,24H,6-13H2,1-5H3. The summed E-state index contributed by atoms with van der Waals surface area (Å²) in [6.07, 6.45) is 1.65. The van der Waals surface area contributed by atoms with Gasteiger partial charge in [0.1, 0.15) is 5.69 Å². The highest BCUT2D eigenvalue weighted by Crippen LogP contribution is 2.24. The Balaban J connectivity index is 1.56. The number of carbonyl (C=O) groups excluding carboxylic acids is 3. The predicted octanol–water partition coefficient (Wildman–Crippen LogP) is 2.34. The minimum absolute atomic E-state index is 0.00926. The topological polar surface area (TPSA) is 91.9 Å². The number of aromatic amines is 1. The van der Waals surface area contributed by atoms with Gasteiger partial charge in [0.2, 0.25) is 5.91 Å². The third-order valence-electron chi connectivity index (χ3n) is 6.23. The number of ketones is 1. The second-order valence-corrected chi connectivity index (χ2v) is 8.82. The van der Waals surface area contributed by atoms with Crippen molar-refractivity contribution in [3.8, 4) is 0 Å². The molecule has 0 radical (unpaired) electrons. The molecule has 0 saturated carbocycles. The number of aromatic nitrogens is 1. The number of ether oxygens (including phenoxy) is 2. The predicted molar refractivity (Wildman–Crippen MR) is 116 cm³/mol. The van der Waals surface area contributed by atoms with Crippen molar-refractivity contribution < 1.29 is 23.9 Å². The lowest BCUT2D eigenvalue weighted by atomic mass is 9.94. The van der Waals surface area contributed by atoms with Crippen molar-refractivity contribution in [1.29, 1.82) is 0 Å². The van der Waals surface area contributed by atoms with Gasteiger partial charge >= 0.3 is 5.97 Å². The van der Waals surface area contributed by atoms with Gasteiger partial charge in [-0.15, -0.1) is 0 Å². The Morgan fingerprint density at radius 2 is 1.71 bits per heavy atom. The molecule has 2 saturated heterocycles. The molecular formula is C23H35N3O5. The highest BCUT2D eigenvalue weighted by atomic mass is 16.5. The van der Waals surface area contributed by atoms with E-state index in [-0.39, 0.29) is 43.0 Å². The van der Waals surface area contributed by atoms with Crippen molar-refractivity contribution in [2.24, 2.45) is 5.92 Å². The monoisotopic (exact) mass is 433 g/mol. The van der Waals surface area contributed by atoms with E-state index in [1.807, 2.05) is 18.7 Å². The number of esters is 1. The molecule has 2 aliphatic rings. The number of nitrogens with one attached hydrogen (secondary N) is 1. The van der Waals surface area contributed by atoms with Crippen LogP contribution in [-0.2, 0) is 14.3 Å². The third-order valence-corrected chi connectivity index (χ3v) is 6.23. The van der Waals surface area contributed by atoms with Gasteiger partial charge in [0.25, 0.3) is 0 Å². The van der Waals surface area contributed by atoms with Crippen LogP contribution in [0.25, 0.3) is 0 Å². The van der Waals surface area contributed by atoms with Crippen molar-refractivity contribution in [3.05, 3.63) is 22.5 Å². The Hall–Kier alpha value is -2.19. The van der Waals surface area contributed by atoms with Crippen molar-refractivity contribution in [2.75, 3.05) is 39.3 Å². The first-order valence-electron chi connectivity index (χ1n) is 11.3. The minimum atomic E-state index is -0.437. The fourth-order valence-electron chi connectivity index (χ4n) is 4.81. The van der Waals surface area contributed by atoms with E-state index >= 15 is 0 Å². The van der Waals surface area contributed by atoms with Crippen molar-refractivity contribution in [1.82, 2.24) is 14.8 Å². The first-order valence-corrected chi connectivity index (χ1v) is 11.3. The number of Topliss-reactive ketones (excluding diaryl/α,β-unsaturated/α-hetero) is 1. The number of morpholine rings is 1. The number of carbonyl (C=O) groups is 3. The lowest BCUT2D eigenvalue weighted by molar-refractivity contribution is -0.148. The van der Waals surface area contributed by atoms with Crippen LogP contribution in [0.15, 0.2) is 0 Å². The van der Waals surface area contributed by atoms with Crippen molar-refractivity contribution in [3.63, 3.8) is 0 Å². The molecule has 8 heteroatoms. The highest BCUT2D eigenvalue weighted by molar-refractivity contribution is 6.03. The van der Waals surface area contributed by atoms with Crippen LogP contribution in [0.2, 0.25) is 0 Å². The number of rotatable bonds is 6. The number of hydrogen-bond acceptors (Lipinski definition) is 6. The molecule has 2 fully saturated rings. The zero-order chi connectivity index (χ0) is 22.7. The first kappa shape index (κ1) is 23.5. The molecule has 1 N–H and O–H groups in total. The summed E-state index contributed by atoms with van der Waals surface area (Å²) in [6, 6.07) is 0. The summed E-state index contributed by atoms with van der Waals surface area (Å²) < 4.78 is 10.8. The molecule has 2 atom stereocenters. The van der Waals surface area contributed by atoms with Crippen LogP contribution in [-0.4, -0.2) is 84.0 Å². The number of H-pyrrole nitrogens is 1. The van der Waals surface area contributed by atoms with E-state index in [9.17, 15) is 14.4 Å². The smallest absolute Gasteiger partial charge is 0.355 e. The lowest BCUT2D eigenvalue weighted by Gasteiger charge is -2.39. The molecule has 1 aromatic heterocycles. The maximum Gasteiger partial charge on any atom is 0.355 e. The molecule has 8 nitrogen and oxygen atoms in total. The van der Waals surface area contributed by atoms with Crippen LogP contribution in [0.3, 0.4) is 0 Å². The van der Waals surface area contributed by atoms with Gasteiger partial charge in [-0.2, -0.15) is 0 Å². The van der Waals surface area contributed by atoms with Gasteiger partial charge in [0.05, 0.1) is 25.4 Å². The van der Waals surface area contributed by atoms with Crippen molar-refractivity contribution in [2.45, 2.75) is 59.7 Å². The SMILES string of the molecule is CCOC(=O)c1[nH]c(C)c(C(=O)CN2CCC(C(=O)N3CC(C)OC(C)C3)CC2)c1C. The fourth-order valence-corrected chi connectivity index (χ4v) is 4.81. The molecule has 3 heterocycles. The molecule has 0 spiro atoms. The Morgan fingerprint density at radius 3 is 2.29 bits per heavy atom. The number of hydrogen-bond donors (Lipinski definition) is 1. The molecule has 2 unspecified atom stereocenters. The fraction of sp³-hybridized carbons (Fsp3) is 0.696. The van der Waals surface area contributed by atoms with Crippen LogP contribution in [0, 0.1) is 19.8 Å². The van der Waals surface area contributed by atoms with E-state index in [2.05, 4.69) is 9.88 Å². The Labute approximate surface area is 184 Å². The Morgan fingerprint density at radius 1 is 1.10 bits per heavy atom. The number of piperidine rings is 1. The zero-order valence-corrected chi connectivity index (χ0v) is 19.3. The zero-order valence-electron chi connectivity index (χ0n) is 19.3. The maximum absolute atomic E-state index is 13.0. The van der Waals surface area contributed by atoms with Crippen LogP contribution in [0.5, 0.6) is 0 Å². The Kier molecular flexibility index (Phi) is 7.54. The van der Waals surface area contributed by atoms with E-state index < -0.39 is 5.97 Å². The molecule has 31 heavy (non-hydrogen) atoms. The van der Waals surface area contributed by atoms with Crippen LogP contribution in [0.4, 0.5) is 0 Å². The second kappa shape index (κ2) is 9.96. The second-order valence-electron chi connectivity index (χ2n) is 8.82. The summed E-state index contributed by atoms with van der Waals surface area (Å²) in [5.74, 6) is -0.227. The van der Waals surface area contributed by atoms with Gasteiger partial charge in [-0.1, -0.05) is 0 Å². The number of nitrogens with zero attached hydrogens (tertiary/aromatic N) is 2. The summed E-state index contributed by atoms with van der Waals surface area (Å²) >= 11 is 0. The number of aryl methyl sites for hydroxylation is 1. The summed E-state index contributed by atoms with van der Waals surface area (Å²) in [5, 5.41) is 0. The molecule has 2 aliphatic heterocycles. The summed E-state index contributed by atoms with van der Waals surface area (Å²) in [7, 11) is 0. The highest BCUT2D eigenvalue weighted by Gasteiger charge is 2.33. The summed E-state index contributed by atoms with van der Waals surface area (Å²) in [6.45, 7) is 12.6. The van der Waals surface area contributed by atoms with Gasteiger partial charge in [0, 0.05) is 30.3 Å². The number of amides is 1. The molecule has 1 aromatic rings. The van der Waals surface area contributed by atoms with Gasteiger partial charge in [-0.25, -0.2) is 4.79 Å². The lowest BCUT2D eigenvalue weighted by Crippen LogP contribution is -2.51. The molecule has 0 bridgehead atoms. The van der Waals surface area contributed by atoms with E-state index in [0.717, 1.165) is 12.8 Å². The van der Waals surface area contributed by atoms with Gasteiger partial charge in [0.15, 0.2) is 5.78 Å². The van der Waals surface area contributed by atoms with Crippen LogP contribution >= 0.6 is 0 Å². The van der Waals surface area contributed by atoms with Gasteiger partial charge < -0.3 is 19.4 Å². The van der Waals surface area contributed by atoms with E-state index in [0.29, 0.717) is 48.7 Å². The largest absolute Gasteiger partial charge is 0.461 e. The van der Waals surface area contributed by atoms with E-state index in [1.54, 1.807) is 20.8 Å². The van der Waals surface area contributed by atoms with Crippen molar-refractivity contribution >= 4 is 17.7 Å². The number of likely N-dealkylation sites (tertiary alicyclic amines) is 1. The minimum Gasteiger partial charge on any atom is -0.461 e. The van der Waals surface area contributed by atoms with Crippen LogP contribution in [0.1, 0.15) is 65.7 Å². The summed E-state index contributed by atoms with van der Waals surface area (Å²) in [4.78, 5) is 45.1. The van der Waals surface area contributed by atoms with E-state index in [1.165, 1.54) is 0 Å². The first-order chi connectivity index (χ1) is 14.7. The third kappa shape index (κ3) is 5.36. The van der Waals surface area contributed by atoms with Gasteiger partial charge in [-0.3, -0.25) is 14.5 Å². The average molecular weight is 434 g/mol. The molecule has 1 amide bonds. The quantitative estimate of drug-likeness (QED) is 0.547.